The van der Waals surface area contributed by atoms with E-state index in [0.717, 1.165) is 19.3 Å². The highest BCUT2D eigenvalue weighted by atomic mass is 19.4. The third-order valence-corrected chi connectivity index (χ3v) is 2.31. The number of alkyl halides is 3. The van der Waals surface area contributed by atoms with E-state index in [2.05, 4.69) is 4.74 Å². The van der Waals surface area contributed by atoms with Crippen LogP contribution in [-0.2, 0) is 9.53 Å². The quantitative estimate of drug-likeness (QED) is 0.501. The number of ether oxygens (including phenoxy) is 1. The topological polar surface area (TPSA) is 26.3 Å². The average Bonchev–Trinajstić information content (AvgIpc) is 2.16. The zero-order valence-electron chi connectivity index (χ0n) is 9.77. The Bertz CT molecular complexity index is 202. The maximum absolute atomic E-state index is 12.5. The summed E-state index contributed by atoms with van der Waals surface area (Å²) in [4.78, 5) is 11.1. The van der Waals surface area contributed by atoms with Crippen molar-refractivity contribution in [2.75, 3.05) is 6.61 Å². The van der Waals surface area contributed by atoms with Crippen molar-refractivity contribution < 1.29 is 22.7 Å². The van der Waals surface area contributed by atoms with Gasteiger partial charge in [0.05, 0.1) is 6.61 Å². The van der Waals surface area contributed by atoms with Gasteiger partial charge in [0, 0.05) is 0 Å². The second-order valence-corrected chi connectivity index (χ2v) is 3.70. The van der Waals surface area contributed by atoms with Crippen molar-refractivity contribution in [1.29, 1.82) is 0 Å². The Balaban J connectivity index is 4.17. The molecule has 0 N–H and O–H groups in total. The van der Waals surface area contributed by atoms with Gasteiger partial charge in [0.15, 0.2) is 5.92 Å². The molecule has 0 aromatic carbocycles. The van der Waals surface area contributed by atoms with Crippen LogP contribution in [0.5, 0.6) is 0 Å². The van der Waals surface area contributed by atoms with Gasteiger partial charge in [-0.1, -0.05) is 32.6 Å². The predicted octanol–water partition coefficient (Wildman–Crippen LogP) is 3.70. The molecule has 0 fully saturated rings. The number of halogens is 3. The number of esters is 1. The summed E-state index contributed by atoms with van der Waals surface area (Å²) < 4.78 is 41.9. The lowest BCUT2D eigenvalue weighted by molar-refractivity contribution is -0.198. The maximum Gasteiger partial charge on any atom is 0.402 e. The van der Waals surface area contributed by atoms with E-state index in [1.165, 1.54) is 6.92 Å². The van der Waals surface area contributed by atoms with Crippen LogP contribution in [0.3, 0.4) is 0 Å². The molecule has 0 aliphatic heterocycles. The first-order chi connectivity index (χ1) is 7.43. The van der Waals surface area contributed by atoms with Crippen LogP contribution in [0.1, 0.15) is 46.0 Å². The fourth-order valence-electron chi connectivity index (χ4n) is 1.43. The van der Waals surface area contributed by atoms with E-state index in [0.29, 0.717) is 6.42 Å². The monoisotopic (exact) mass is 240 g/mol. The second kappa shape index (κ2) is 7.52. The molecule has 16 heavy (non-hydrogen) atoms. The van der Waals surface area contributed by atoms with Crippen LogP contribution in [0.4, 0.5) is 13.2 Å². The molecule has 96 valence electrons. The van der Waals surface area contributed by atoms with Gasteiger partial charge in [-0.3, -0.25) is 4.79 Å². The van der Waals surface area contributed by atoms with Gasteiger partial charge in [0.25, 0.3) is 0 Å². The van der Waals surface area contributed by atoms with Gasteiger partial charge in [-0.05, 0) is 13.3 Å². The van der Waals surface area contributed by atoms with Gasteiger partial charge < -0.3 is 4.74 Å². The minimum absolute atomic E-state index is 0.0135. The lowest BCUT2D eigenvalue weighted by Crippen LogP contribution is -2.32. The molecule has 0 aromatic rings. The van der Waals surface area contributed by atoms with Gasteiger partial charge in [0.1, 0.15) is 0 Å². The zero-order chi connectivity index (χ0) is 12.6. The van der Waals surface area contributed by atoms with E-state index in [9.17, 15) is 18.0 Å². The van der Waals surface area contributed by atoms with Crippen LogP contribution < -0.4 is 0 Å². The Morgan fingerprint density at radius 1 is 1.19 bits per heavy atom. The van der Waals surface area contributed by atoms with Crippen molar-refractivity contribution in [1.82, 2.24) is 0 Å². The van der Waals surface area contributed by atoms with Crippen LogP contribution >= 0.6 is 0 Å². The molecular formula is C11H19F3O2. The first-order valence-electron chi connectivity index (χ1n) is 5.66. The largest absolute Gasteiger partial charge is 0.466 e. The molecule has 0 bridgehead atoms. The predicted molar refractivity (Wildman–Crippen MR) is 54.9 cm³/mol. The molecule has 0 amide bonds. The summed E-state index contributed by atoms with van der Waals surface area (Å²) >= 11 is 0. The summed E-state index contributed by atoms with van der Waals surface area (Å²) in [5.74, 6) is -3.10. The van der Waals surface area contributed by atoms with Gasteiger partial charge >= 0.3 is 12.1 Å². The lowest BCUT2D eigenvalue weighted by atomic mass is 10.0. The summed E-state index contributed by atoms with van der Waals surface area (Å²) in [6.45, 7) is 3.47. The third-order valence-electron chi connectivity index (χ3n) is 2.31. The Morgan fingerprint density at radius 2 is 1.81 bits per heavy atom. The van der Waals surface area contributed by atoms with Crippen molar-refractivity contribution in [3.63, 3.8) is 0 Å². The molecule has 0 radical (unpaired) electrons. The van der Waals surface area contributed by atoms with Gasteiger partial charge in [0.2, 0.25) is 0 Å². The molecule has 1 atom stereocenters. The summed E-state index contributed by atoms with van der Waals surface area (Å²) in [5.41, 5.74) is 0. The molecule has 0 spiro atoms. The maximum atomic E-state index is 12.5. The first kappa shape index (κ1) is 15.3. The summed E-state index contributed by atoms with van der Waals surface area (Å²) in [7, 11) is 0. The standard InChI is InChI=1S/C11H19F3O2/c1-3-5-6-7-8-9(11(12,13)14)10(15)16-4-2/h9H,3-8H2,1-2H3. The smallest absolute Gasteiger partial charge is 0.402 e. The molecule has 0 saturated carbocycles. The Labute approximate surface area is 94.2 Å². The number of hydrogen-bond donors (Lipinski definition) is 0. The summed E-state index contributed by atoms with van der Waals surface area (Å²) in [6, 6.07) is 0. The normalized spacial score (nSPS) is 13.6. The number of hydrogen-bond acceptors (Lipinski definition) is 2. The van der Waals surface area contributed by atoms with Crippen LogP contribution in [-0.4, -0.2) is 18.8 Å². The van der Waals surface area contributed by atoms with Crippen LogP contribution in [0.2, 0.25) is 0 Å². The van der Waals surface area contributed by atoms with Crippen molar-refractivity contribution in [3.05, 3.63) is 0 Å². The van der Waals surface area contributed by atoms with Crippen molar-refractivity contribution in [2.24, 2.45) is 5.92 Å². The highest BCUT2D eigenvalue weighted by Gasteiger charge is 2.45. The fraction of sp³-hybridized carbons (Fsp3) is 0.909. The van der Waals surface area contributed by atoms with Crippen LogP contribution in [0.25, 0.3) is 0 Å². The fourth-order valence-corrected chi connectivity index (χ4v) is 1.43. The van der Waals surface area contributed by atoms with Crippen LogP contribution in [0, 0.1) is 5.92 Å². The highest BCUT2D eigenvalue weighted by Crippen LogP contribution is 2.31. The SMILES string of the molecule is CCCCCCC(C(=O)OCC)C(F)(F)F. The van der Waals surface area contributed by atoms with Gasteiger partial charge in [-0.2, -0.15) is 13.2 Å². The molecule has 0 rings (SSSR count). The van der Waals surface area contributed by atoms with Crippen molar-refractivity contribution in [2.45, 2.75) is 52.1 Å². The van der Waals surface area contributed by atoms with Gasteiger partial charge in [-0.15, -0.1) is 0 Å². The minimum atomic E-state index is -4.49. The third kappa shape index (κ3) is 5.98. The average molecular weight is 240 g/mol. The lowest BCUT2D eigenvalue weighted by Gasteiger charge is -2.18. The highest BCUT2D eigenvalue weighted by molar-refractivity contribution is 5.73. The Morgan fingerprint density at radius 3 is 2.25 bits per heavy atom. The first-order valence-corrected chi connectivity index (χ1v) is 5.66. The number of unbranched alkanes of at least 4 members (excludes halogenated alkanes) is 3. The molecule has 0 heterocycles. The number of carbonyl (C=O) groups is 1. The van der Waals surface area contributed by atoms with E-state index >= 15 is 0 Å². The van der Waals surface area contributed by atoms with E-state index in [4.69, 9.17) is 0 Å². The zero-order valence-corrected chi connectivity index (χ0v) is 9.77. The molecule has 2 nitrogen and oxygen atoms in total. The number of rotatable bonds is 7. The van der Waals surface area contributed by atoms with E-state index in [1.54, 1.807) is 0 Å². The molecule has 0 aliphatic carbocycles. The Hall–Kier alpha value is -0.740. The summed E-state index contributed by atoms with van der Waals surface area (Å²) in [6.07, 6.45) is -1.66. The van der Waals surface area contributed by atoms with E-state index in [-0.39, 0.29) is 13.0 Å². The van der Waals surface area contributed by atoms with E-state index in [1.807, 2.05) is 6.92 Å². The molecule has 0 aromatic heterocycles. The Kier molecular flexibility index (Phi) is 7.17. The minimum Gasteiger partial charge on any atom is -0.466 e. The molecular weight excluding hydrogens is 221 g/mol. The van der Waals surface area contributed by atoms with E-state index < -0.39 is 18.1 Å². The molecule has 1 unspecified atom stereocenters. The number of carbonyl (C=O) groups excluding carboxylic acids is 1. The second-order valence-electron chi connectivity index (χ2n) is 3.70. The molecule has 5 heteroatoms. The van der Waals surface area contributed by atoms with Gasteiger partial charge in [-0.25, -0.2) is 0 Å². The molecule has 0 aliphatic rings. The van der Waals surface area contributed by atoms with Crippen molar-refractivity contribution >= 4 is 5.97 Å². The van der Waals surface area contributed by atoms with Crippen molar-refractivity contribution in [3.8, 4) is 0 Å². The molecule has 0 saturated heterocycles. The van der Waals surface area contributed by atoms with Crippen LogP contribution in [0.15, 0.2) is 0 Å². The summed E-state index contributed by atoms with van der Waals surface area (Å²) in [5, 5.41) is 0.